The fraction of sp³-hybridized carbons (Fsp3) is 0. The van der Waals surface area contributed by atoms with Crippen LogP contribution in [-0.4, -0.2) is 0 Å². The second-order valence-electron chi connectivity index (χ2n) is 2.17. The highest BCUT2D eigenvalue weighted by Crippen LogP contribution is 2.22. The molecule has 1 aromatic carbocycles. The van der Waals surface area contributed by atoms with Crippen LogP contribution in [0, 0.1) is 17.4 Å². The molecule has 1 heterocycles. The average Bonchev–Trinajstić information content (AvgIpc) is 2.50. The van der Waals surface area contributed by atoms with E-state index in [1.807, 2.05) is 11.4 Å². The van der Waals surface area contributed by atoms with E-state index >= 15 is 0 Å². The molecule has 0 aliphatic heterocycles. The summed E-state index contributed by atoms with van der Waals surface area (Å²) in [6.07, 6.45) is 0. The fourth-order valence-corrected chi connectivity index (χ4v) is 1.80. The van der Waals surface area contributed by atoms with Crippen LogP contribution in [0.5, 0.6) is 0 Å². The van der Waals surface area contributed by atoms with Crippen LogP contribution in [0.2, 0.25) is 0 Å². The van der Waals surface area contributed by atoms with Crippen LogP contribution in [0.15, 0.2) is 23.6 Å². The van der Waals surface area contributed by atoms with Gasteiger partial charge in [-0.25, -0.2) is 0 Å². The molecule has 0 atom stereocenters. The first-order chi connectivity index (χ1) is 5.42. The van der Waals surface area contributed by atoms with Crippen LogP contribution >= 0.6 is 11.3 Å². The molecular formula is C9H4NS. The van der Waals surface area contributed by atoms with E-state index in [4.69, 9.17) is 5.26 Å². The van der Waals surface area contributed by atoms with Gasteiger partial charge in [0.25, 0.3) is 0 Å². The van der Waals surface area contributed by atoms with Crippen molar-refractivity contribution in [2.75, 3.05) is 0 Å². The largest absolute Gasteiger partial charge is 0.192 e. The van der Waals surface area contributed by atoms with Crippen molar-refractivity contribution in [1.82, 2.24) is 0 Å². The predicted octanol–water partition coefficient (Wildman–Crippen LogP) is 2.57. The lowest BCUT2D eigenvalue weighted by atomic mass is 10.1. The molecule has 11 heavy (non-hydrogen) atoms. The minimum absolute atomic E-state index is 0.736. The van der Waals surface area contributed by atoms with Gasteiger partial charge in [-0.2, -0.15) is 5.26 Å². The van der Waals surface area contributed by atoms with Gasteiger partial charge in [0.05, 0.1) is 11.6 Å². The molecule has 0 fully saturated rings. The topological polar surface area (TPSA) is 23.8 Å². The van der Waals surface area contributed by atoms with Crippen molar-refractivity contribution >= 4 is 21.4 Å². The smallest absolute Gasteiger partial charge is 0.0998 e. The molecule has 0 saturated carbocycles. The maximum Gasteiger partial charge on any atom is 0.0998 e. The van der Waals surface area contributed by atoms with Crippen molar-refractivity contribution in [3.8, 4) is 6.07 Å². The second-order valence-corrected chi connectivity index (χ2v) is 3.08. The van der Waals surface area contributed by atoms with Gasteiger partial charge in [-0.15, -0.1) is 11.3 Å². The van der Waals surface area contributed by atoms with Gasteiger partial charge in [0.2, 0.25) is 0 Å². The molecule has 1 nitrogen and oxygen atoms in total. The molecule has 0 bridgehead atoms. The van der Waals surface area contributed by atoms with Crippen LogP contribution in [0.25, 0.3) is 10.1 Å². The first kappa shape index (κ1) is 6.38. The number of fused-ring (bicyclic) bond motifs is 1. The number of nitrogens with zero attached hydrogens (tertiary/aromatic N) is 1. The fourth-order valence-electron chi connectivity index (χ4n) is 1.02. The Labute approximate surface area is 68.5 Å². The third-order valence-corrected chi connectivity index (χ3v) is 2.39. The molecule has 2 heteroatoms. The standard InChI is InChI=1S/C9H4NS/c10-6-7-2-1-3-9-8(7)4-5-11-9/h1-2,4-5H. The lowest BCUT2D eigenvalue weighted by Gasteiger charge is -1.88. The molecule has 51 valence electrons. The summed E-state index contributed by atoms with van der Waals surface area (Å²) >= 11 is 1.61. The molecule has 2 rings (SSSR count). The van der Waals surface area contributed by atoms with Gasteiger partial charge in [0, 0.05) is 16.2 Å². The molecule has 0 N–H and O–H groups in total. The van der Waals surface area contributed by atoms with E-state index in [2.05, 4.69) is 12.1 Å². The van der Waals surface area contributed by atoms with Crippen LogP contribution in [0.1, 0.15) is 5.56 Å². The highest BCUT2D eigenvalue weighted by Gasteiger charge is 1.98. The molecule has 1 aromatic heterocycles. The summed E-state index contributed by atoms with van der Waals surface area (Å²) in [5, 5.41) is 11.7. The third-order valence-electron chi connectivity index (χ3n) is 1.54. The molecule has 0 unspecified atom stereocenters. The van der Waals surface area contributed by atoms with Crippen molar-refractivity contribution in [3.63, 3.8) is 0 Å². The van der Waals surface area contributed by atoms with Gasteiger partial charge < -0.3 is 0 Å². The Bertz CT molecular complexity index is 422. The summed E-state index contributed by atoms with van der Waals surface area (Å²) in [5.74, 6) is 0. The van der Waals surface area contributed by atoms with Crippen molar-refractivity contribution in [1.29, 1.82) is 5.26 Å². The number of thiophene rings is 1. The average molecular weight is 158 g/mol. The monoisotopic (exact) mass is 158 g/mol. The first-order valence-corrected chi connectivity index (χ1v) is 4.08. The highest BCUT2D eigenvalue weighted by molar-refractivity contribution is 7.17. The quantitative estimate of drug-likeness (QED) is 0.578. The molecule has 0 aliphatic rings. The van der Waals surface area contributed by atoms with E-state index in [9.17, 15) is 0 Å². The Hall–Kier alpha value is -1.33. The Morgan fingerprint density at radius 2 is 2.36 bits per heavy atom. The van der Waals surface area contributed by atoms with E-state index in [0.29, 0.717) is 0 Å². The maximum atomic E-state index is 8.69. The van der Waals surface area contributed by atoms with E-state index < -0.39 is 0 Å². The van der Waals surface area contributed by atoms with Crippen molar-refractivity contribution in [3.05, 3.63) is 35.2 Å². The summed E-state index contributed by atoms with van der Waals surface area (Å²) in [4.78, 5) is 0. The van der Waals surface area contributed by atoms with Crippen molar-refractivity contribution in [2.24, 2.45) is 0 Å². The van der Waals surface area contributed by atoms with Gasteiger partial charge in [-0.1, -0.05) is 6.07 Å². The number of hydrogen-bond donors (Lipinski definition) is 0. The minimum Gasteiger partial charge on any atom is -0.192 e. The summed E-state index contributed by atoms with van der Waals surface area (Å²) in [6, 6.07) is 10.7. The Kier molecular flexibility index (Phi) is 1.38. The SMILES string of the molecule is N#Cc1cc[c]c2sccc12. The van der Waals surface area contributed by atoms with Crippen LogP contribution in [-0.2, 0) is 0 Å². The van der Waals surface area contributed by atoms with Crippen molar-refractivity contribution < 1.29 is 0 Å². The maximum absolute atomic E-state index is 8.69. The van der Waals surface area contributed by atoms with E-state index in [-0.39, 0.29) is 0 Å². The van der Waals surface area contributed by atoms with E-state index in [1.54, 1.807) is 23.5 Å². The first-order valence-electron chi connectivity index (χ1n) is 3.20. The summed E-state index contributed by atoms with van der Waals surface area (Å²) in [6.45, 7) is 0. The van der Waals surface area contributed by atoms with Gasteiger partial charge in [-0.3, -0.25) is 0 Å². The highest BCUT2D eigenvalue weighted by atomic mass is 32.1. The minimum atomic E-state index is 0.736. The van der Waals surface area contributed by atoms with Crippen LogP contribution in [0.3, 0.4) is 0 Å². The molecule has 1 radical (unpaired) electrons. The number of rotatable bonds is 0. The summed E-state index contributed by atoms with van der Waals surface area (Å²) in [7, 11) is 0. The Morgan fingerprint density at radius 3 is 3.18 bits per heavy atom. The van der Waals surface area contributed by atoms with Gasteiger partial charge in [-0.05, 0) is 17.5 Å². The lowest BCUT2D eigenvalue weighted by molar-refractivity contribution is 1.51. The zero-order valence-corrected chi connectivity index (χ0v) is 6.48. The van der Waals surface area contributed by atoms with Gasteiger partial charge in [0.15, 0.2) is 0 Å². The lowest BCUT2D eigenvalue weighted by Crippen LogP contribution is -1.72. The summed E-state index contributed by atoms with van der Waals surface area (Å²) < 4.78 is 1.06. The van der Waals surface area contributed by atoms with E-state index in [0.717, 1.165) is 15.6 Å². The molecular weight excluding hydrogens is 154 g/mol. The molecule has 0 aliphatic carbocycles. The zero-order valence-electron chi connectivity index (χ0n) is 5.66. The number of nitriles is 1. The molecule has 2 aromatic rings. The Morgan fingerprint density at radius 1 is 1.45 bits per heavy atom. The summed E-state index contributed by atoms with van der Waals surface area (Å²) in [5.41, 5.74) is 0.736. The molecule has 0 amide bonds. The predicted molar refractivity (Wildman–Crippen MR) is 45.4 cm³/mol. The van der Waals surface area contributed by atoms with Gasteiger partial charge >= 0.3 is 0 Å². The number of hydrogen-bond acceptors (Lipinski definition) is 2. The van der Waals surface area contributed by atoms with Crippen molar-refractivity contribution in [2.45, 2.75) is 0 Å². The normalized spacial score (nSPS) is 9.73. The second kappa shape index (κ2) is 2.37. The molecule has 0 spiro atoms. The van der Waals surface area contributed by atoms with Gasteiger partial charge in [0.1, 0.15) is 0 Å². The number of benzene rings is 1. The van der Waals surface area contributed by atoms with Crippen LogP contribution < -0.4 is 0 Å². The Balaban J connectivity index is 2.92. The van der Waals surface area contributed by atoms with E-state index in [1.165, 1.54) is 0 Å². The van der Waals surface area contributed by atoms with Crippen LogP contribution in [0.4, 0.5) is 0 Å². The zero-order chi connectivity index (χ0) is 7.68. The molecule has 0 saturated heterocycles. The third kappa shape index (κ3) is 0.903.